The molecule has 2 amide bonds. The summed E-state index contributed by atoms with van der Waals surface area (Å²) in [4.78, 5) is 20.9. The van der Waals surface area contributed by atoms with Crippen LogP contribution in [0.4, 0.5) is 16.2 Å². The highest BCUT2D eigenvalue weighted by Gasteiger charge is 2.32. The maximum Gasteiger partial charge on any atom is 0.329 e. The Balaban J connectivity index is 1.53. The van der Waals surface area contributed by atoms with Crippen LogP contribution in [0.15, 0.2) is 79.1 Å². The minimum atomic E-state index is -0.0998. The molecule has 0 bridgehead atoms. The second kappa shape index (κ2) is 8.31. The molecule has 1 aromatic heterocycles. The van der Waals surface area contributed by atoms with Crippen molar-refractivity contribution in [1.29, 1.82) is 0 Å². The van der Waals surface area contributed by atoms with Crippen LogP contribution in [0.25, 0.3) is 0 Å². The van der Waals surface area contributed by atoms with Crippen molar-refractivity contribution in [1.82, 2.24) is 9.88 Å². The first-order valence-electron chi connectivity index (χ1n) is 9.17. The largest absolute Gasteiger partial charge is 0.487 e. The van der Waals surface area contributed by atoms with E-state index in [9.17, 15) is 4.79 Å². The topological polar surface area (TPSA) is 45.7 Å². The molecular weight excluding hydrogens is 374 g/mol. The normalized spacial score (nSPS) is 16.0. The summed E-state index contributed by atoms with van der Waals surface area (Å²) in [6, 6.07) is 21.0. The molecule has 0 radical (unpaired) electrons. The summed E-state index contributed by atoms with van der Waals surface area (Å²) in [5.41, 5.74) is 1.67. The van der Waals surface area contributed by atoms with Crippen molar-refractivity contribution in [2.24, 2.45) is 0 Å². The molecule has 4 rings (SSSR count). The fourth-order valence-electron chi connectivity index (χ4n) is 3.30. The number of urea groups is 1. The van der Waals surface area contributed by atoms with Crippen LogP contribution >= 0.6 is 11.6 Å². The molecule has 142 valence electrons. The van der Waals surface area contributed by atoms with Crippen LogP contribution in [0.3, 0.4) is 0 Å². The number of pyridine rings is 1. The molecule has 6 heteroatoms. The third kappa shape index (κ3) is 3.94. The van der Waals surface area contributed by atoms with Crippen molar-refractivity contribution >= 4 is 29.0 Å². The van der Waals surface area contributed by atoms with E-state index >= 15 is 0 Å². The van der Waals surface area contributed by atoms with Crippen LogP contribution in [0.5, 0.6) is 5.75 Å². The number of anilines is 2. The molecular formula is C22H20ClN3O2. The second-order valence-electron chi connectivity index (χ2n) is 6.57. The van der Waals surface area contributed by atoms with E-state index in [-0.39, 0.29) is 12.1 Å². The lowest BCUT2D eigenvalue weighted by Gasteiger charge is -2.28. The summed E-state index contributed by atoms with van der Waals surface area (Å²) < 4.78 is 5.99. The Hall–Kier alpha value is -3.05. The molecule has 1 aliphatic rings. The number of benzene rings is 2. The number of nitrogens with zero attached hydrogens (tertiary/aromatic N) is 3. The summed E-state index contributed by atoms with van der Waals surface area (Å²) in [6.07, 6.45) is 3.85. The van der Waals surface area contributed by atoms with E-state index in [1.807, 2.05) is 65.6 Å². The van der Waals surface area contributed by atoms with Crippen molar-refractivity contribution in [2.45, 2.75) is 12.5 Å². The third-order valence-corrected chi connectivity index (χ3v) is 4.95. The van der Waals surface area contributed by atoms with Gasteiger partial charge in [-0.3, -0.25) is 9.88 Å². The molecule has 1 unspecified atom stereocenters. The van der Waals surface area contributed by atoms with Gasteiger partial charge in [-0.05, 0) is 24.3 Å². The highest BCUT2D eigenvalue weighted by Crippen LogP contribution is 2.29. The van der Waals surface area contributed by atoms with Crippen molar-refractivity contribution < 1.29 is 9.53 Å². The lowest BCUT2D eigenvalue weighted by Crippen LogP contribution is -2.40. The molecule has 1 fully saturated rings. The van der Waals surface area contributed by atoms with Gasteiger partial charge in [-0.15, -0.1) is 0 Å². The van der Waals surface area contributed by atoms with Crippen molar-refractivity contribution in [2.75, 3.05) is 18.0 Å². The Morgan fingerprint density at radius 3 is 2.29 bits per heavy atom. The van der Waals surface area contributed by atoms with Crippen LogP contribution in [0, 0.1) is 0 Å². The molecule has 1 aliphatic heterocycles. The van der Waals surface area contributed by atoms with Gasteiger partial charge in [-0.2, -0.15) is 0 Å². The van der Waals surface area contributed by atoms with E-state index in [1.165, 1.54) is 0 Å². The number of amides is 2. The number of rotatable bonds is 4. The molecule has 2 aromatic carbocycles. The first-order valence-corrected chi connectivity index (χ1v) is 9.55. The highest BCUT2D eigenvalue weighted by molar-refractivity contribution is 6.31. The van der Waals surface area contributed by atoms with Crippen LogP contribution in [-0.4, -0.2) is 35.1 Å². The van der Waals surface area contributed by atoms with E-state index in [0.717, 1.165) is 17.8 Å². The van der Waals surface area contributed by atoms with Crippen LogP contribution in [0.1, 0.15) is 6.42 Å². The van der Waals surface area contributed by atoms with Gasteiger partial charge >= 0.3 is 6.03 Å². The molecule has 3 aromatic rings. The van der Waals surface area contributed by atoms with Crippen LogP contribution in [0.2, 0.25) is 5.02 Å². The zero-order valence-corrected chi connectivity index (χ0v) is 16.0. The number of likely N-dealkylation sites (tertiary alicyclic amines) is 1. The van der Waals surface area contributed by atoms with Crippen molar-refractivity contribution in [3.63, 3.8) is 0 Å². The zero-order chi connectivity index (χ0) is 19.3. The highest BCUT2D eigenvalue weighted by atomic mass is 35.5. The van der Waals surface area contributed by atoms with Crippen molar-refractivity contribution in [3.8, 4) is 5.75 Å². The Bertz CT molecular complexity index is 897. The quantitative estimate of drug-likeness (QED) is 0.616. The van der Waals surface area contributed by atoms with Gasteiger partial charge in [0.15, 0.2) is 0 Å². The first-order chi connectivity index (χ1) is 13.7. The minimum Gasteiger partial charge on any atom is -0.487 e. The Morgan fingerprint density at radius 2 is 1.68 bits per heavy atom. The number of halogens is 1. The smallest absolute Gasteiger partial charge is 0.329 e. The van der Waals surface area contributed by atoms with Gasteiger partial charge in [0.05, 0.1) is 17.9 Å². The summed E-state index contributed by atoms with van der Waals surface area (Å²) in [6.45, 7) is 1.13. The predicted octanol–water partition coefficient (Wildman–Crippen LogP) is 5.15. The van der Waals surface area contributed by atoms with Crippen LogP contribution < -0.4 is 9.64 Å². The molecule has 0 N–H and O–H groups in total. The minimum absolute atomic E-state index is 0.0654. The van der Waals surface area contributed by atoms with E-state index in [4.69, 9.17) is 16.3 Å². The molecule has 28 heavy (non-hydrogen) atoms. The Kier molecular flexibility index (Phi) is 5.44. The number of ether oxygens (including phenoxy) is 1. The van der Waals surface area contributed by atoms with E-state index < -0.39 is 0 Å². The number of carbonyl (C=O) groups is 1. The standard InChI is InChI=1S/C22H20ClN3O2/c23-20-15-24-13-11-21(20)28-19-12-14-25(16-19)22(27)26(17-7-3-1-4-8-17)18-9-5-2-6-10-18/h1-11,13,15,19H,12,14,16H2. The fraction of sp³-hybridized carbons (Fsp3) is 0.182. The molecule has 0 saturated carbocycles. The van der Waals surface area contributed by atoms with Gasteiger partial charge in [0.2, 0.25) is 0 Å². The number of aromatic nitrogens is 1. The first kappa shape index (κ1) is 18.3. The van der Waals surface area contributed by atoms with Gasteiger partial charge in [0.25, 0.3) is 0 Å². The van der Waals surface area contributed by atoms with E-state index in [0.29, 0.717) is 23.9 Å². The van der Waals surface area contributed by atoms with Crippen LogP contribution in [-0.2, 0) is 0 Å². The number of carbonyl (C=O) groups excluding carboxylic acids is 1. The number of hydrogen-bond acceptors (Lipinski definition) is 3. The SMILES string of the molecule is O=C(N1CCC(Oc2ccncc2Cl)C1)N(c1ccccc1)c1ccccc1. The summed E-state index contributed by atoms with van der Waals surface area (Å²) in [5, 5.41) is 0.475. The second-order valence-corrected chi connectivity index (χ2v) is 6.98. The zero-order valence-electron chi connectivity index (χ0n) is 15.2. The molecule has 2 heterocycles. The predicted molar refractivity (Wildman–Crippen MR) is 110 cm³/mol. The summed E-state index contributed by atoms with van der Waals surface area (Å²) >= 11 is 6.14. The maximum absolute atomic E-state index is 13.4. The summed E-state index contributed by atoms with van der Waals surface area (Å²) in [5.74, 6) is 0.596. The van der Waals surface area contributed by atoms with Gasteiger partial charge in [-0.1, -0.05) is 48.0 Å². The Labute approximate surface area is 169 Å². The molecule has 1 atom stereocenters. The monoisotopic (exact) mass is 393 g/mol. The average molecular weight is 394 g/mol. The third-order valence-electron chi connectivity index (χ3n) is 4.66. The van der Waals surface area contributed by atoms with Gasteiger partial charge in [0, 0.05) is 31.4 Å². The van der Waals surface area contributed by atoms with E-state index in [2.05, 4.69) is 4.98 Å². The average Bonchev–Trinajstić information content (AvgIpc) is 3.20. The number of para-hydroxylation sites is 2. The molecule has 5 nitrogen and oxygen atoms in total. The van der Waals surface area contributed by atoms with Gasteiger partial charge in [0.1, 0.15) is 16.9 Å². The molecule has 0 aliphatic carbocycles. The Morgan fingerprint density at radius 1 is 1.04 bits per heavy atom. The maximum atomic E-state index is 13.4. The fourth-order valence-corrected chi connectivity index (χ4v) is 3.47. The number of hydrogen-bond donors (Lipinski definition) is 0. The van der Waals surface area contributed by atoms with Crippen molar-refractivity contribution in [3.05, 3.63) is 84.1 Å². The lowest BCUT2D eigenvalue weighted by atomic mass is 10.2. The van der Waals surface area contributed by atoms with E-state index in [1.54, 1.807) is 23.4 Å². The summed E-state index contributed by atoms with van der Waals surface area (Å²) in [7, 11) is 0. The molecule has 0 spiro atoms. The molecule has 1 saturated heterocycles. The van der Waals surface area contributed by atoms with Gasteiger partial charge in [-0.25, -0.2) is 4.79 Å². The van der Waals surface area contributed by atoms with Gasteiger partial charge < -0.3 is 9.64 Å². The lowest BCUT2D eigenvalue weighted by molar-refractivity contribution is 0.192.